The van der Waals surface area contributed by atoms with Gasteiger partial charge in [0.05, 0.1) is 27.9 Å². The van der Waals surface area contributed by atoms with Crippen LogP contribution in [-0.4, -0.2) is 97.1 Å². The Morgan fingerprint density at radius 3 is 2.16 bits per heavy atom. The molecule has 7 atom stereocenters. The average molecular weight is 539 g/mol. The summed E-state index contributed by atoms with van der Waals surface area (Å²) in [6, 6.07) is 8.04. The first kappa shape index (κ1) is 28.2. The minimum atomic E-state index is -1.33. The molecule has 0 radical (unpaired) electrons. The van der Waals surface area contributed by atoms with Crippen LogP contribution in [0.4, 0.5) is 0 Å². The highest BCUT2D eigenvalue weighted by Crippen LogP contribution is 2.42. The van der Waals surface area contributed by atoms with Gasteiger partial charge in [-0.2, -0.15) is 0 Å². The molecule has 0 bridgehead atoms. The second-order valence-corrected chi connectivity index (χ2v) is 8.92. The van der Waals surface area contributed by atoms with Gasteiger partial charge >= 0.3 is 0 Å². The standard InChI is InChI=1S/C26H34O12/c1-32-16-11-14(6-7-15(16)36-25-22(31)21(30)24-26(37-24)38-25)20(29)19(12-28)35-23-17(33-2)9-13(5-4-8-27)10-18(23)34-3/h6-7,9-11,19-22,24-31H,4-5,8,12H2,1-3H3. The molecule has 2 aliphatic rings. The van der Waals surface area contributed by atoms with Crippen molar-refractivity contribution in [2.24, 2.45) is 0 Å². The molecule has 0 aliphatic carbocycles. The van der Waals surface area contributed by atoms with Gasteiger partial charge in [-0.05, 0) is 48.2 Å². The Labute approximate surface area is 219 Å². The molecule has 210 valence electrons. The van der Waals surface area contributed by atoms with Crippen LogP contribution in [0.2, 0.25) is 0 Å². The summed E-state index contributed by atoms with van der Waals surface area (Å²) in [5.74, 6) is 1.31. The molecular formula is C26H34O12. The van der Waals surface area contributed by atoms with E-state index in [-0.39, 0.29) is 23.9 Å². The first-order chi connectivity index (χ1) is 18.3. The maximum atomic E-state index is 11.1. The first-order valence-corrected chi connectivity index (χ1v) is 12.2. The van der Waals surface area contributed by atoms with E-state index in [1.54, 1.807) is 18.2 Å². The summed E-state index contributed by atoms with van der Waals surface area (Å²) in [4.78, 5) is 0. The van der Waals surface area contributed by atoms with E-state index in [4.69, 9.17) is 38.3 Å². The third-order valence-corrected chi connectivity index (χ3v) is 6.43. The monoisotopic (exact) mass is 538 g/mol. The molecule has 12 nitrogen and oxygen atoms in total. The predicted octanol–water partition coefficient (Wildman–Crippen LogP) is 0.292. The van der Waals surface area contributed by atoms with Gasteiger partial charge in [0.2, 0.25) is 12.0 Å². The lowest BCUT2D eigenvalue weighted by molar-refractivity contribution is -0.207. The van der Waals surface area contributed by atoms with Crippen LogP contribution >= 0.6 is 0 Å². The molecule has 4 rings (SSSR count). The van der Waals surface area contributed by atoms with Gasteiger partial charge in [-0.25, -0.2) is 0 Å². The van der Waals surface area contributed by atoms with Gasteiger partial charge in [0.15, 0.2) is 35.4 Å². The molecule has 12 heteroatoms. The Hall–Kier alpha value is -2.84. The Balaban J connectivity index is 1.52. The molecule has 0 spiro atoms. The molecule has 2 aromatic rings. The van der Waals surface area contributed by atoms with E-state index >= 15 is 0 Å². The number of benzene rings is 2. The number of fused-ring (bicyclic) bond motifs is 1. The molecular weight excluding hydrogens is 504 g/mol. The van der Waals surface area contributed by atoms with E-state index in [2.05, 4.69) is 0 Å². The maximum Gasteiger partial charge on any atom is 0.231 e. The lowest BCUT2D eigenvalue weighted by Gasteiger charge is -2.30. The van der Waals surface area contributed by atoms with E-state index in [1.807, 2.05) is 0 Å². The number of hydrogen-bond donors (Lipinski definition) is 5. The number of epoxide rings is 1. The fourth-order valence-electron chi connectivity index (χ4n) is 4.26. The molecule has 0 aromatic heterocycles. The Morgan fingerprint density at radius 1 is 0.868 bits per heavy atom. The summed E-state index contributed by atoms with van der Waals surface area (Å²) >= 11 is 0. The number of rotatable bonds is 13. The summed E-state index contributed by atoms with van der Waals surface area (Å²) in [5, 5.41) is 50.6. The highest BCUT2D eigenvalue weighted by atomic mass is 16.8. The summed E-state index contributed by atoms with van der Waals surface area (Å²) in [7, 11) is 4.33. The summed E-state index contributed by atoms with van der Waals surface area (Å²) in [6.07, 6.45) is -6.14. The smallest absolute Gasteiger partial charge is 0.231 e. The lowest BCUT2D eigenvalue weighted by atomic mass is 10.0. The molecule has 2 aliphatic heterocycles. The van der Waals surface area contributed by atoms with Crippen LogP contribution in [0.15, 0.2) is 30.3 Å². The van der Waals surface area contributed by atoms with E-state index in [9.17, 15) is 20.4 Å². The highest BCUT2D eigenvalue weighted by Gasteiger charge is 2.57. The zero-order chi connectivity index (χ0) is 27.4. The van der Waals surface area contributed by atoms with Crippen molar-refractivity contribution < 1.29 is 58.7 Å². The topological polar surface area (TPSA) is 169 Å². The van der Waals surface area contributed by atoms with E-state index < -0.39 is 49.7 Å². The van der Waals surface area contributed by atoms with Crippen LogP contribution in [0.5, 0.6) is 28.7 Å². The molecule has 2 saturated heterocycles. The van der Waals surface area contributed by atoms with Crippen LogP contribution < -0.4 is 23.7 Å². The zero-order valence-corrected chi connectivity index (χ0v) is 21.4. The fourth-order valence-corrected chi connectivity index (χ4v) is 4.26. The predicted molar refractivity (Wildman–Crippen MR) is 131 cm³/mol. The van der Waals surface area contributed by atoms with Crippen LogP contribution in [0.25, 0.3) is 0 Å². The molecule has 2 fully saturated rings. The second-order valence-electron chi connectivity index (χ2n) is 8.92. The molecule has 2 heterocycles. The third-order valence-electron chi connectivity index (χ3n) is 6.43. The zero-order valence-electron chi connectivity index (χ0n) is 21.4. The largest absolute Gasteiger partial charge is 0.493 e. The summed E-state index contributed by atoms with van der Waals surface area (Å²) < 4.78 is 38.6. The molecule has 5 N–H and O–H groups in total. The fraction of sp³-hybridized carbons (Fsp3) is 0.538. The van der Waals surface area contributed by atoms with Crippen molar-refractivity contribution in [3.8, 4) is 28.7 Å². The van der Waals surface area contributed by atoms with Crippen molar-refractivity contribution in [1.82, 2.24) is 0 Å². The molecule has 0 saturated carbocycles. The molecule has 0 amide bonds. The van der Waals surface area contributed by atoms with Gasteiger partial charge in [-0.15, -0.1) is 0 Å². The van der Waals surface area contributed by atoms with Crippen LogP contribution in [-0.2, 0) is 15.9 Å². The third kappa shape index (κ3) is 5.91. The summed E-state index contributed by atoms with van der Waals surface area (Å²) in [5.41, 5.74) is 1.21. The van der Waals surface area contributed by atoms with Crippen molar-refractivity contribution in [2.45, 2.75) is 55.9 Å². The van der Waals surface area contributed by atoms with Crippen molar-refractivity contribution in [1.29, 1.82) is 0 Å². The molecule has 38 heavy (non-hydrogen) atoms. The Kier molecular flexibility index (Phi) is 9.15. The summed E-state index contributed by atoms with van der Waals surface area (Å²) in [6.45, 7) is -0.497. The number of aliphatic hydroxyl groups is 5. The first-order valence-electron chi connectivity index (χ1n) is 12.2. The highest BCUT2D eigenvalue weighted by molar-refractivity contribution is 5.54. The quantitative estimate of drug-likeness (QED) is 0.221. The van der Waals surface area contributed by atoms with Crippen molar-refractivity contribution in [3.63, 3.8) is 0 Å². The SMILES string of the molecule is COc1cc(C(O)C(CO)Oc2c(OC)cc(CCCO)cc2OC)ccc1OC1OC2OC2C(O)C1O. The van der Waals surface area contributed by atoms with Gasteiger partial charge in [0.1, 0.15) is 24.4 Å². The number of hydrogen-bond acceptors (Lipinski definition) is 12. The van der Waals surface area contributed by atoms with Gasteiger partial charge < -0.3 is 58.7 Å². The number of aryl methyl sites for hydroxylation is 1. The number of ether oxygens (including phenoxy) is 7. The Bertz CT molecular complexity index is 1050. The van der Waals surface area contributed by atoms with Crippen LogP contribution in [0.3, 0.4) is 0 Å². The maximum absolute atomic E-state index is 11.1. The van der Waals surface area contributed by atoms with E-state index in [0.717, 1.165) is 5.56 Å². The van der Waals surface area contributed by atoms with Crippen molar-refractivity contribution in [2.75, 3.05) is 34.5 Å². The van der Waals surface area contributed by atoms with Gasteiger partial charge in [-0.3, -0.25) is 0 Å². The number of aliphatic hydroxyl groups excluding tert-OH is 5. The Morgan fingerprint density at radius 2 is 1.55 bits per heavy atom. The molecule has 2 aromatic carbocycles. The van der Waals surface area contributed by atoms with Gasteiger partial charge in [-0.1, -0.05) is 6.07 Å². The van der Waals surface area contributed by atoms with Gasteiger partial charge in [0.25, 0.3) is 0 Å². The normalized spacial score (nSPS) is 25.6. The van der Waals surface area contributed by atoms with E-state index in [1.165, 1.54) is 33.5 Å². The van der Waals surface area contributed by atoms with Crippen LogP contribution in [0, 0.1) is 0 Å². The van der Waals surface area contributed by atoms with Crippen molar-refractivity contribution in [3.05, 3.63) is 41.5 Å². The van der Waals surface area contributed by atoms with Gasteiger partial charge in [0, 0.05) is 6.61 Å². The average Bonchev–Trinajstić information content (AvgIpc) is 3.72. The number of methoxy groups -OCH3 is 3. The van der Waals surface area contributed by atoms with E-state index in [0.29, 0.717) is 29.9 Å². The lowest BCUT2D eigenvalue weighted by Crippen LogP contribution is -2.50. The minimum Gasteiger partial charge on any atom is -0.493 e. The molecule has 7 unspecified atom stereocenters. The minimum absolute atomic E-state index is 0.0422. The van der Waals surface area contributed by atoms with Crippen LogP contribution in [0.1, 0.15) is 23.7 Å². The van der Waals surface area contributed by atoms with Crippen molar-refractivity contribution >= 4 is 0 Å². The second kappa shape index (κ2) is 12.3.